The second-order valence-electron chi connectivity index (χ2n) is 7.37. The Balaban J connectivity index is 2.02. The third-order valence-electron chi connectivity index (χ3n) is 5.14. The Labute approximate surface area is 190 Å². The van der Waals surface area contributed by atoms with E-state index >= 15 is 0 Å². The summed E-state index contributed by atoms with van der Waals surface area (Å²) in [7, 11) is -2.81. The van der Waals surface area contributed by atoms with Gasteiger partial charge in [-0.2, -0.15) is 0 Å². The Morgan fingerprint density at radius 1 is 0.970 bits per heavy atom. The smallest absolute Gasteiger partial charge is 0.269 e. The first-order valence-electron chi connectivity index (χ1n) is 9.90. The number of aryl methyl sites for hydroxylation is 1. The molecule has 0 N–H and O–H groups in total. The predicted octanol–water partition coefficient (Wildman–Crippen LogP) is 4.21. The van der Waals surface area contributed by atoms with Gasteiger partial charge >= 0.3 is 0 Å². The van der Waals surface area contributed by atoms with Crippen molar-refractivity contribution < 1.29 is 27.7 Å². The third-order valence-corrected chi connectivity index (χ3v) is 7.20. The minimum absolute atomic E-state index is 0.0724. The van der Waals surface area contributed by atoms with E-state index in [9.17, 15) is 28.1 Å². The van der Waals surface area contributed by atoms with Gasteiger partial charge in [0.2, 0.25) is 0 Å². The monoisotopic (exact) mass is 467 g/mol. The zero-order valence-corrected chi connectivity index (χ0v) is 18.7. The van der Waals surface area contributed by atoms with Crippen LogP contribution >= 0.6 is 0 Å². The lowest BCUT2D eigenvalue weighted by Gasteiger charge is -2.17. The number of methoxy groups -OCH3 is 1. The van der Waals surface area contributed by atoms with E-state index in [0.29, 0.717) is 5.75 Å². The Kier molecular flexibility index (Phi) is 7.03. The van der Waals surface area contributed by atoms with E-state index < -0.39 is 38.0 Å². The summed E-state index contributed by atoms with van der Waals surface area (Å²) in [6.45, 7) is 1.80. The molecule has 1 atom stereocenters. The summed E-state index contributed by atoms with van der Waals surface area (Å²) < 4.78 is 32.0. The molecule has 0 unspecified atom stereocenters. The lowest BCUT2D eigenvalue weighted by atomic mass is 10.0. The molecule has 170 valence electrons. The number of carbonyl (C=O) groups excluding carboxylic acids is 2. The van der Waals surface area contributed by atoms with Crippen molar-refractivity contribution in [2.75, 3.05) is 7.11 Å². The molecule has 0 saturated heterocycles. The highest BCUT2D eigenvalue weighted by molar-refractivity contribution is 7.92. The number of nitro groups is 1. The minimum atomic E-state index is -4.23. The number of hydrogen-bond donors (Lipinski definition) is 0. The first-order chi connectivity index (χ1) is 15.6. The van der Waals surface area contributed by atoms with Crippen LogP contribution in [0.25, 0.3) is 0 Å². The van der Waals surface area contributed by atoms with Crippen molar-refractivity contribution in [2.24, 2.45) is 0 Å². The van der Waals surface area contributed by atoms with Crippen LogP contribution in [-0.4, -0.2) is 37.3 Å². The zero-order valence-electron chi connectivity index (χ0n) is 17.9. The van der Waals surface area contributed by atoms with Crippen LogP contribution < -0.4 is 4.74 Å². The molecule has 0 bridgehead atoms. The van der Waals surface area contributed by atoms with Gasteiger partial charge in [0, 0.05) is 29.7 Å². The molecule has 0 radical (unpaired) electrons. The van der Waals surface area contributed by atoms with Gasteiger partial charge in [-0.05, 0) is 43.3 Å². The summed E-state index contributed by atoms with van der Waals surface area (Å²) in [5.41, 5.74) is 0.795. The summed E-state index contributed by atoms with van der Waals surface area (Å²) in [6.07, 6.45) is -0.621. The van der Waals surface area contributed by atoms with E-state index in [2.05, 4.69) is 0 Å². The summed E-state index contributed by atoms with van der Waals surface area (Å²) in [5.74, 6) is -0.999. The lowest BCUT2D eigenvalue weighted by Crippen LogP contribution is -2.33. The number of rotatable bonds is 9. The standard InChI is InChI=1S/C24H21NO7S/c1-16-6-12-21(13-7-16)33(30,31)23(24(27)18-4-3-5-20(14-18)32-2)15-22(26)17-8-10-19(11-9-17)25(28)29/h3-14,23H,15H2,1-2H3/t23-/m1/s1. The van der Waals surface area contributed by atoms with Crippen molar-refractivity contribution in [2.45, 2.75) is 23.5 Å². The first-order valence-corrected chi connectivity index (χ1v) is 11.4. The molecule has 3 aromatic rings. The second kappa shape index (κ2) is 9.74. The van der Waals surface area contributed by atoms with Gasteiger partial charge in [-0.15, -0.1) is 0 Å². The normalized spacial score (nSPS) is 12.1. The predicted molar refractivity (Wildman–Crippen MR) is 122 cm³/mol. The number of ketones is 2. The van der Waals surface area contributed by atoms with Gasteiger partial charge in [0.1, 0.15) is 11.0 Å². The van der Waals surface area contributed by atoms with Gasteiger partial charge < -0.3 is 4.74 Å². The van der Waals surface area contributed by atoms with Crippen molar-refractivity contribution in [1.82, 2.24) is 0 Å². The van der Waals surface area contributed by atoms with Crippen LogP contribution in [-0.2, 0) is 9.84 Å². The lowest BCUT2D eigenvalue weighted by molar-refractivity contribution is -0.384. The molecule has 0 aromatic heterocycles. The number of carbonyl (C=O) groups is 2. The molecule has 0 heterocycles. The highest BCUT2D eigenvalue weighted by Gasteiger charge is 2.36. The average molecular weight is 467 g/mol. The largest absolute Gasteiger partial charge is 0.497 e. The van der Waals surface area contributed by atoms with Gasteiger partial charge in [0.05, 0.1) is 16.9 Å². The van der Waals surface area contributed by atoms with Crippen LogP contribution in [0.4, 0.5) is 5.69 Å². The molecule has 3 rings (SSSR count). The van der Waals surface area contributed by atoms with Crippen molar-refractivity contribution in [1.29, 1.82) is 0 Å². The van der Waals surface area contributed by atoms with Gasteiger partial charge in [-0.3, -0.25) is 19.7 Å². The van der Waals surface area contributed by atoms with Crippen LogP contribution in [0, 0.1) is 17.0 Å². The van der Waals surface area contributed by atoms with Crippen LogP contribution in [0.1, 0.15) is 32.7 Å². The number of nitrogens with zero attached hydrogens (tertiary/aromatic N) is 1. The van der Waals surface area contributed by atoms with Gasteiger partial charge in [-0.1, -0.05) is 29.8 Å². The SMILES string of the molecule is COc1cccc(C(=O)[C@@H](CC(=O)c2ccc([N+](=O)[O-])cc2)S(=O)(=O)c2ccc(C)cc2)c1. The molecule has 0 aliphatic heterocycles. The van der Waals surface area contributed by atoms with E-state index in [1.54, 1.807) is 31.2 Å². The van der Waals surface area contributed by atoms with Crippen LogP contribution in [0.2, 0.25) is 0 Å². The fourth-order valence-corrected chi connectivity index (χ4v) is 4.89. The van der Waals surface area contributed by atoms with Crippen molar-refractivity contribution in [3.8, 4) is 5.75 Å². The minimum Gasteiger partial charge on any atom is -0.497 e. The fourth-order valence-electron chi connectivity index (χ4n) is 3.25. The number of nitro benzene ring substituents is 1. The Hall–Kier alpha value is -3.85. The van der Waals surface area contributed by atoms with Crippen LogP contribution in [0.3, 0.4) is 0 Å². The highest BCUT2D eigenvalue weighted by atomic mass is 32.2. The molecule has 0 aliphatic carbocycles. The summed E-state index contributed by atoms with van der Waals surface area (Å²) >= 11 is 0. The number of Topliss-reactive ketones (excluding diaryl/α,β-unsaturated/α-hetero) is 2. The molecule has 0 saturated carbocycles. The maximum atomic E-state index is 13.4. The molecule has 9 heteroatoms. The van der Waals surface area contributed by atoms with E-state index in [1.807, 2.05) is 0 Å². The number of hydrogen-bond acceptors (Lipinski definition) is 7. The molecule has 0 spiro atoms. The summed E-state index contributed by atoms with van der Waals surface area (Å²) in [4.78, 5) is 36.4. The van der Waals surface area contributed by atoms with E-state index in [0.717, 1.165) is 17.7 Å². The first kappa shape index (κ1) is 23.8. The van der Waals surface area contributed by atoms with Crippen molar-refractivity contribution in [3.05, 3.63) is 99.6 Å². The molecule has 3 aromatic carbocycles. The second-order valence-corrected chi connectivity index (χ2v) is 9.50. The number of benzene rings is 3. The molecule has 8 nitrogen and oxygen atoms in total. The fraction of sp³-hybridized carbons (Fsp3) is 0.167. The molecular formula is C24H21NO7S. The van der Waals surface area contributed by atoms with Gasteiger partial charge in [0.25, 0.3) is 5.69 Å². The Morgan fingerprint density at radius 2 is 1.61 bits per heavy atom. The Bertz CT molecular complexity index is 1300. The zero-order chi connectivity index (χ0) is 24.2. The number of non-ortho nitro benzene ring substituents is 1. The third kappa shape index (κ3) is 5.32. The van der Waals surface area contributed by atoms with Crippen LogP contribution in [0.15, 0.2) is 77.7 Å². The molecule has 0 amide bonds. The van der Waals surface area contributed by atoms with E-state index in [1.165, 1.54) is 43.5 Å². The average Bonchev–Trinajstić information content (AvgIpc) is 2.82. The number of sulfone groups is 1. The molecular weight excluding hydrogens is 446 g/mol. The van der Waals surface area contributed by atoms with Crippen molar-refractivity contribution in [3.63, 3.8) is 0 Å². The molecule has 0 fully saturated rings. The summed E-state index contributed by atoms with van der Waals surface area (Å²) in [5, 5.41) is 9.17. The maximum absolute atomic E-state index is 13.4. The number of ether oxygens (including phenoxy) is 1. The molecule has 33 heavy (non-hydrogen) atoms. The maximum Gasteiger partial charge on any atom is 0.269 e. The van der Waals surface area contributed by atoms with E-state index in [-0.39, 0.29) is 21.7 Å². The van der Waals surface area contributed by atoms with Crippen molar-refractivity contribution >= 4 is 27.1 Å². The highest BCUT2D eigenvalue weighted by Crippen LogP contribution is 2.26. The summed E-state index contributed by atoms with van der Waals surface area (Å²) in [6, 6.07) is 16.8. The van der Waals surface area contributed by atoms with Crippen LogP contribution in [0.5, 0.6) is 5.75 Å². The molecule has 0 aliphatic rings. The topological polar surface area (TPSA) is 121 Å². The van der Waals surface area contributed by atoms with Gasteiger partial charge in [0.15, 0.2) is 21.4 Å². The quantitative estimate of drug-likeness (QED) is 0.262. The van der Waals surface area contributed by atoms with Gasteiger partial charge in [-0.25, -0.2) is 8.42 Å². The Morgan fingerprint density at radius 3 is 2.18 bits per heavy atom. The van der Waals surface area contributed by atoms with E-state index in [4.69, 9.17) is 4.74 Å².